The van der Waals surface area contributed by atoms with E-state index in [9.17, 15) is 23.5 Å². The Balaban J connectivity index is 0.000000216. The maximum absolute atomic E-state index is 12.3. The van der Waals surface area contributed by atoms with E-state index in [1.165, 1.54) is 13.4 Å². The number of hydrogen-bond donors (Lipinski definition) is 2. The molecule has 0 aliphatic heterocycles. The fourth-order valence-corrected chi connectivity index (χ4v) is 4.65. The molecule has 3 aromatic carbocycles. The second-order valence-electron chi connectivity index (χ2n) is 10.4. The first kappa shape index (κ1) is 39.0. The fraction of sp³-hybridized carbons (Fsp3) is 0.206. The molecule has 3 N–H and O–H groups in total. The van der Waals surface area contributed by atoms with Gasteiger partial charge in [0.25, 0.3) is 11.8 Å². The van der Waals surface area contributed by atoms with Gasteiger partial charge in [-0.2, -0.15) is 5.10 Å². The van der Waals surface area contributed by atoms with Crippen LogP contribution in [0.2, 0.25) is 5.15 Å². The average Bonchev–Trinajstić information content (AvgIpc) is 3.47. The summed E-state index contributed by atoms with van der Waals surface area (Å²) in [4.78, 5) is 44.9. The largest absolute Gasteiger partial charge is 0.496 e. The lowest BCUT2D eigenvalue weighted by atomic mass is 10.1. The number of hydrogen-bond acceptors (Lipinski definition) is 11. The number of carbonyl (C=O) groups is 3. The second kappa shape index (κ2) is 19.6. The molecule has 0 fully saturated rings. The molecule has 50 heavy (non-hydrogen) atoms. The number of rotatable bonds is 9. The highest BCUT2D eigenvalue weighted by Gasteiger charge is 2.20. The van der Waals surface area contributed by atoms with Gasteiger partial charge in [-0.25, -0.2) is 33.2 Å². The van der Waals surface area contributed by atoms with Crippen LogP contribution in [0.1, 0.15) is 43.0 Å². The van der Waals surface area contributed by atoms with E-state index in [1.807, 2.05) is 62.4 Å². The molecule has 5 aromatic rings. The summed E-state index contributed by atoms with van der Waals surface area (Å²) in [5.41, 5.74) is 11.5. The molecule has 0 unspecified atom stereocenters. The molecule has 0 radical (unpaired) electrons. The van der Waals surface area contributed by atoms with Crippen molar-refractivity contribution < 1.29 is 37.8 Å². The minimum atomic E-state index is -2.92. The number of benzene rings is 3. The summed E-state index contributed by atoms with van der Waals surface area (Å²) in [5, 5.41) is 6.89. The van der Waals surface area contributed by atoms with Crippen LogP contribution >= 0.6 is 19.5 Å². The van der Waals surface area contributed by atoms with Gasteiger partial charge in [0.2, 0.25) is 0 Å². The van der Waals surface area contributed by atoms with Crippen LogP contribution in [0.4, 0.5) is 10.5 Å². The van der Waals surface area contributed by atoms with Crippen molar-refractivity contribution in [2.45, 2.75) is 26.9 Å². The zero-order valence-corrected chi connectivity index (χ0v) is 29.4. The molecule has 3 amide bonds. The van der Waals surface area contributed by atoms with Gasteiger partial charge in [-0.1, -0.05) is 78.3 Å². The van der Waals surface area contributed by atoms with Gasteiger partial charge in [0.1, 0.15) is 18.5 Å². The summed E-state index contributed by atoms with van der Waals surface area (Å²) in [6.45, 7) is 4.01. The van der Waals surface area contributed by atoms with Crippen LogP contribution in [0.15, 0.2) is 91.4 Å². The standard InChI is InChI=1S/C18H20N2O3.C9H9ClN4O.C7H7O4P/c1-13-8-9-15(12-16(13)19)17(21)20(2)18(22)23-11-10-14-6-4-3-5-7-14;1-5-6(9(15)11-2)3-14-7(5)8(10)12-4-13-14;8-12(9)11-10-6-7-4-2-1-3-5-7/h3-9,12H,10-11,19H2,1-2H3;3-4H,1-2H3,(H,11,15);1-5H,6H2. The van der Waals surface area contributed by atoms with E-state index in [0.717, 1.165) is 27.2 Å². The SMILES string of the molecule is CNC(=O)c1cn2ncnc(Cl)c2c1C.Cc1ccc(C(=O)N(C)C(=O)OCCc2ccccc2)cc1N.O=P(=O)OOCc1ccccc1. The van der Waals surface area contributed by atoms with Crippen LogP contribution in [0, 0.1) is 13.8 Å². The molecule has 0 bridgehead atoms. The van der Waals surface area contributed by atoms with Crippen molar-refractivity contribution in [3.63, 3.8) is 0 Å². The number of nitrogens with zero attached hydrogens (tertiary/aromatic N) is 4. The Kier molecular flexibility index (Phi) is 15.3. The molecule has 2 aromatic heterocycles. The minimum absolute atomic E-state index is 0.129. The van der Waals surface area contributed by atoms with Crippen molar-refractivity contribution >= 4 is 48.6 Å². The van der Waals surface area contributed by atoms with Gasteiger partial charge in [0, 0.05) is 38.0 Å². The first-order valence-corrected chi connectivity index (χ1v) is 16.4. The first-order valence-electron chi connectivity index (χ1n) is 15.0. The number of nitrogens with one attached hydrogen (secondary N) is 1. The molecular weight excluding hydrogens is 687 g/mol. The maximum atomic E-state index is 12.3. The van der Waals surface area contributed by atoms with Crippen molar-refractivity contribution in [2.24, 2.45) is 0 Å². The molecule has 2 heterocycles. The Morgan fingerprint density at radius 1 is 0.980 bits per heavy atom. The van der Waals surface area contributed by atoms with Crippen LogP contribution in [-0.4, -0.2) is 58.1 Å². The Bertz CT molecular complexity index is 1970. The number of nitrogens with two attached hydrogens (primary N) is 1. The van der Waals surface area contributed by atoms with Crippen molar-refractivity contribution in [3.8, 4) is 0 Å². The molecule has 0 aliphatic rings. The van der Waals surface area contributed by atoms with Crippen molar-refractivity contribution in [1.82, 2.24) is 24.8 Å². The van der Waals surface area contributed by atoms with E-state index in [0.29, 0.717) is 33.9 Å². The van der Waals surface area contributed by atoms with Crippen molar-refractivity contribution in [2.75, 3.05) is 26.4 Å². The zero-order chi connectivity index (χ0) is 36.6. The second-order valence-corrected chi connectivity index (χ2v) is 11.4. The number of nitrogen functional groups attached to an aromatic ring is 1. The number of imide groups is 1. The van der Waals surface area contributed by atoms with Crippen molar-refractivity contribution in [3.05, 3.63) is 130 Å². The van der Waals surface area contributed by atoms with Crippen LogP contribution in [-0.2, 0) is 36.5 Å². The normalized spacial score (nSPS) is 10.2. The summed E-state index contributed by atoms with van der Waals surface area (Å²) >= 11 is 5.92. The smallest absolute Gasteiger partial charge is 0.449 e. The third-order valence-electron chi connectivity index (χ3n) is 7.00. The van der Waals surface area contributed by atoms with E-state index >= 15 is 0 Å². The summed E-state index contributed by atoms with van der Waals surface area (Å²) in [5.74, 6) is -0.601. The molecule has 5 rings (SSSR count). The minimum Gasteiger partial charge on any atom is -0.449 e. The van der Waals surface area contributed by atoms with Crippen molar-refractivity contribution in [1.29, 1.82) is 0 Å². The quantitative estimate of drug-likeness (QED) is 0.0753. The number of anilines is 1. The number of fused-ring (bicyclic) bond motifs is 1. The highest BCUT2D eigenvalue weighted by molar-refractivity contribution is 7.24. The Morgan fingerprint density at radius 3 is 2.20 bits per heavy atom. The van der Waals surface area contributed by atoms with Gasteiger partial charge < -0.3 is 15.8 Å². The van der Waals surface area contributed by atoms with Gasteiger partial charge in [0.15, 0.2) is 5.15 Å². The number of carbonyl (C=O) groups excluding carboxylic acids is 3. The first-order chi connectivity index (χ1) is 23.9. The third-order valence-corrected chi connectivity index (χ3v) is 7.50. The van der Waals surface area contributed by atoms with Gasteiger partial charge in [-0.15, -0.1) is 4.67 Å². The predicted octanol–water partition coefficient (Wildman–Crippen LogP) is 6.30. The maximum Gasteiger partial charge on any atom is 0.496 e. The van der Waals surface area contributed by atoms with Crippen LogP contribution < -0.4 is 11.1 Å². The lowest BCUT2D eigenvalue weighted by Crippen LogP contribution is -2.34. The number of amides is 3. The average molecular weight is 723 g/mol. The van der Waals surface area contributed by atoms with Crippen LogP contribution in [0.3, 0.4) is 0 Å². The molecule has 16 heteroatoms. The van der Waals surface area contributed by atoms with Gasteiger partial charge >= 0.3 is 14.0 Å². The topological polar surface area (TPSA) is 185 Å². The lowest BCUT2D eigenvalue weighted by molar-refractivity contribution is -0.213. The molecule has 262 valence electrons. The summed E-state index contributed by atoms with van der Waals surface area (Å²) in [6, 6.07) is 23.8. The summed E-state index contributed by atoms with van der Waals surface area (Å²) < 4.78 is 30.3. The lowest BCUT2D eigenvalue weighted by Gasteiger charge is -2.16. The van der Waals surface area contributed by atoms with Gasteiger partial charge in [-0.05, 0) is 48.2 Å². The molecular formula is C34H36ClN6O8P. The Labute approximate surface area is 293 Å². The van der Waals surface area contributed by atoms with E-state index in [4.69, 9.17) is 22.1 Å². The molecule has 0 aliphatic carbocycles. The molecule has 14 nitrogen and oxygen atoms in total. The third kappa shape index (κ3) is 11.6. The summed E-state index contributed by atoms with van der Waals surface area (Å²) in [6.07, 6.45) is 2.91. The van der Waals surface area contributed by atoms with Gasteiger partial charge in [0.05, 0.1) is 12.2 Å². The fourth-order valence-electron chi connectivity index (χ4n) is 4.24. The van der Waals surface area contributed by atoms with E-state index in [-0.39, 0.29) is 19.1 Å². The highest BCUT2D eigenvalue weighted by atomic mass is 35.5. The molecule has 0 spiro atoms. The van der Waals surface area contributed by atoms with Crippen LogP contribution in [0.5, 0.6) is 0 Å². The number of ether oxygens (including phenoxy) is 1. The number of aromatic nitrogens is 3. The van der Waals surface area contributed by atoms with E-state index in [1.54, 1.807) is 48.1 Å². The predicted molar refractivity (Wildman–Crippen MR) is 186 cm³/mol. The monoisotopic (exact) mass is 722 g/mol. The molecule has 0 atom stereocenters. The highest BCUT2D eigenvalue weighted by Crippen LogP contribution is 2.22. The zero-order valence-electron chi connectivity index (χ0n) is 27.7. The number of halogens is 1. The summed E-state index contributed by atoms with van der Waals surface area (Å²) in [7, 11) is 0.0539. The number of aryl methyl sites for hydroxylation is 2. The molecule has 0 saturated heterocycles. The van der Waals surface area contributed by atoms with Crippen LogP contribution in [0.25, 0.3) is 5.52 Å². The van der Waals surface area contributed by atoms with E-state index in [2.05, 4.69) is 25.0 Å². The Hall–Kier alpha value is -5.40. The molecule has 0 saturated carbocycles. The van der Waals surface area contributed by atoms with Gasteiger partial charge in [-0.3, -0.25) is 9.59 Å². The Morgan fingerprint density at radius 2 is 1.62 bits per heavy atom. The van der Waals surface area contributed by atoms with E-state index < -0.39 is 19.9 Å².